The fourth-order valence-electron chi connectivity index (χ4n) is 1.69. The number of rotatable bonds is 5. The van der Waals surface area contributed by atoms with Gasteiger partial charge in [-0.2, -0.15) is 0 Å². The van der Waals surface area contributed by atoms with Gasteiger partial charge in [0.15, 0.2) is 0 Å². The third-order valence-corrected chi connectivity index (χ3v) is 3.63. The molecular formula is C13H14N4O2S. The maximum Gasteiger partial charge on any atom is 0.282 e. The standard InChI is InChI=1S/C13H14N4O2S/c1-9-7-12(14-2)16-13(15-9)8-20-11-6-4-3-5-10(11)17(18)19/h3-7H,8H2,1-2H3,(H,14,15,16). The van der Waals surface area contributed by atoms with Crippen LogP contribution in [0.3, 0.4) is 0 Å². The molecule has 1 aromatic carbocycles. The zero-order valence-electron chi connectivity index (χ0n) is 11.2. The summed E-state index contributed by atoms with van der Waals surface area (Å²) in [5.74, 6) is 1.88. The Morgan fingerprint density at radius 1 is 1.35 bits per heavy atom. The van der Waals surface area contributed by atoms with Crippen molar-refractivity contribution in [3.63, 3.8) is 0 Å². The second-order valence-electron chi connectivity index (χ2n) is 4.07. The van der Waals surface area contributed by atoms with Gasteiger partial charge in [0.2, 0.25) is 0 Å². The molecule has 0 aliphatic rings. The summed E-state index contributed by atoms with van der Waals surface area (Å²) in [4.78, 5) is 19.8. The van der Waals surface area contributed by atoms with Gasteiger partial charge < -0.3 is 5.32 Å². The van der Waals surface area contributed by atoms with Crippen molar-refractivity contribution in [2.75, 3.05) is 12.4 Å². The van der Waals surface area contributed by atoms with E-state index < -0.39 is 0 Å². The van der Waals surface area contributed by atoms with Crippen molar-refractivity contribution in [1.29, 1.82) is 0 Å². The molecule has 2 aromatic rings. The van der Waals surface area contributed by atoms with Crippen molar-refractivity contribution in [3.8, 4) is 0 Å². The average molecular weight is 290 g/mol. The van der Waals surface area contributed by atoms with E-state index in [9.17, 15) is 10.1 Å². The molecule has 0 saturated carbocycles. The summed E-state index contributed by atoms with van der Waals surface area (Å²) < 4.78 is 0. The molecule has 6 nitrogen and oxygen atoms in total. The number of para-hydroxylation sites is 1. The average Bonchev–Trinajstić information content (AvgIpc) is 2.44. The summed E-state index contributed by atoms with van der Waals surface area (Å²) in [7, 11) is 1.79. The van der Waals surface area contributed by atoms with Crippen molar-refractivity contribution in [2.45, 2.75) is 17.6 Å². The van der Waals surface area contributed by atoms with Gasteiger partial charge in [-0.25, -0.2) is 9.97 Å². The predicted molar refractivity (Wildman–Crippen MR) is 79.0 cm³/mol. The molecule has 1 heterocycles. The van der Waals surface area contributed by atoms with Crippen LogP contribution in [-0.2, 0) is 5.75 Å². The third kappa shape index (κ3) is 3.45. The summed E-state index contributed by atoms with van der Waals surface area (Å²) in [5.41, 5.74) is 0.974. The van der Waals surface area contributed by atoms with E-state index in [1.807, 2.05) is 13.0 Å². The van der Waals surface area contributed by atoms with Crippen LogP contribution >= 0.6 is 11.8 Å². The van der Waals surface area contributed by atoms with Gasteiger partial charge in [0.25, 0.3) is 5.69 Å². The lowest BCUT2D eigenvalue weighted by molar-refractivity contribution is -0.387. The maximum absolute atomic E-state index is 10.9. The summed E-state index contributed by atoms with van der Waals surface area (Å²) >= 11 is 1.36. The second-order valence-corrected chi connectivity index (χ2v) is 5.09. The van der Waals surface area contributed by atoms with E-state index in [1.165, 1.54) is 17.8 Å². The SMILES string of the molecule is CNc1cc(C)nc(CSc2ccccc2[N+](=O)[O-])n1. The molecule has 0 saturated heterocycles. The Hall–Kier alpha value is -2.15. The maximum atomic E-state index is 10.9. The Morgan fingerprint density at radius 3 is 2.80 bits per heavy atom. The minimum absolute atomic E-state index is 0.110. The highest BCUT2D eigenvalue weighted by atomic mass is 32.2. The molecule has 1 N–H and O–H groups in total. The number of nitrogens with zero attached hydrogens (tertiary/aromatic N) is 3. The highest BCUT2D eigenvalue weighted by Crippen LogP contribution is 2.30. The molecular weight excluding hydrogens is 276 g/mol. The molecule has 104 valence electrons. The van der Waals surface area contributed by atoms with E-state index in [0.717, 1.165) is 11.5 Å². The zero-order valence-corrected chi connectivity index (χ0v) is 12.0. The van der Waals surface area contributed by atoms with Crippen molar-refractivity contribution < 1.29 is 4.92 Å². The van der Waals surface area contributed by atoms with Crippen LogP contribution in [0.25, 0.3) is 0 Å². The normalized spacial score (nSPS) is 10.3. The van der Waals surface area contributed by atoms with E-state index >= 15 is 0 Å². The summed E-state index contributed by atoms with van der Waals surface area (Å²) in [5, 5.41) is 13.9. The van der Waals surface area contributed by atoms with Gasteiger partial charge in [0.05, 0.1) is 15.6 Å². The van der Waals surface area contributed by atoms with Crippen LogP contribution in [0.5, 0.6) is 0 Å². The van der Waals surface area contributed by atoms with Crippen molar-refractivity contribution >= 4 is 23.3 Å². The van der Waals surface area contributed by atoms with Gasteiger partial charge in [0, 0.05) is 24.9 Å². The Bertz CT molecular complexity index is 634. The van der Waals surface area contributed by atoms with E-state index in [1.54, 1.807) is 25.2 Å². The van der Waals surface area contributed by atoms with Crippen molar-refractivity contribution in [2.24, 2.45) is 0 Å². The Kier molecular flexibility index (Phi) is 4.52. The lowest BCUT2D eigenvalue weighted by Crippen LogP contribution is -2.00. The number of aryl methyl sites for hydroxylation is 1. The van der Waals surface area contributed by atoms with Crippen LogP contribution in [0, 0.1) is 17.0 Å². The number of nitro benzene ring substituents is 1. The van der Waals surface area contributed by atoms with Gasteiger partial charge in [-0.1, -0.05) is 12.1 Å². The molecule has 0 aliphatic heterocycles. The van der Waals surface area contributed by atoms with Crippen LogP contribution in [0.2, 0.25) is 0 Å². The molecule has 0 radical (unpaired) electrons. The molecule has 0 amide bonds. The van der Waals surface area contributed by atoms with Gasteiger partial charge in [-0.05, 0) is 13.0 Å². The second kappa shape index (κ2) is 6.33. The molecule has 0 bridgehead atoms. The quantitative estimate of drug-likeness (QED) is 0.518. The fourth-order valence-corrected chi connectivity index (χ4v) is 2.57. The smallest absolute Gasteiger partial charge is 0.282 e. The van der Waals surface area contributed by atoms with Gasteiger partial charge in [-0.3, -0.25) is 10.1 Å². The number of thioether (sulfide) groups is 1. The first kappa shape index (κ1) is 14.3. The number of benzene rings is 1. The molecule has 1 aromatic heterocycles. The van der Waals surface area contributed by atoms with Gasteiger partial charge >= 0.3 is 0 Å². The van der Waals surface area contributed by atoms with Crippen LogP contribution in [0.15, 0.2) is 35.2 Å². The molecule has 0 aliphatic carbocycles. The number of anilines is 1. The topological polar surface area (TPSA) is 81.0 Å². The van der Waals surface area contributed by atoms with Gasteiger partial charge in [0.1, 0.15) is 11.6 Å². The van der Waals surface area contributed by atoms with Crippen LogP contribution < -0.4 is 5.32 Å². The first-order valence-corrected chi connectivity index (χ1v) is 6.97. The van der Waals surface area contributed by atoms with Crippen LogP contribution in [0.4, 0.5) is 11.5 Å². The number of hydrogen-bond donors (Lipinski definition) is 1. The molecule has 0 unspecified atom stereocenters. The predicted octanol–water partition coefficient (Wildman–Crippen LogP) is 3.03. The molecule has 0 spiro atoms. The largest absolute Gasteiger partial charge is 0.373 e. The molecule has 20 heavy (non-hydrogen) atoms. The summed E-state index contributed by atoms with van der Waals surface area (Å²) in [6.07, 6.45) is 0. The van der Waals surface area contributed by atoms with E-state index in [2.05, 4.69) is 15.3 Å². The van der Waals surface area contributed by atoms with Crippen molar-refractivity contribution in [3.05, 3.63) is 52.0 Å². The third-order valence-electron chi connectivity index (χ3n) is 2.58. The van der Waals surface area contributed by atoms with Crippen LogP contribution in [0.1, 0.15) is 11.5 Å². The van der Waals surface area contributed by atoms with E-state index in [-0.39, 0.29) is 10.6 Å². The Morgan fingerprint density at radius 2 is 2.10 bits per heavy atom. The monoisotopic (exact) mass is 290 g/mol. The highest BCUT2D eigenvalue weighted by molar-refractivity contribution is 7.98. The summed E-state index contributed by atoms with van der Waals surface area (Å²) in [6.45, 7) is 1.89. The lowest BCUT2D eigenvalue weighted by atomic mass is 10.3. The van der Waals surface area contributed by atoms with E-state index in [4.69, 9.17) is 0 Å². The van der Waals surface area contributed by atoms with Crippen LogP contribution in [-0.4, -0.2) is 21.9 Å². The number of aromatic nitrogens is 2. The molecule has 7 heteroatoms. The molecule has 0 atom stereocenters. The molecule has 2 rings (SSSR count). The highest BCUT2D eigenvalue weighted by Gasteiger charge is 2.13. The van der Waals surface area contributed by atoms with E-state index in [0.29, 0.717) is 16.5 Å². The lowest BCUT2D eigenvalue weighted by Gasteiger charge is -2.05. The fraction of sp³-hybridized carbons (Fsp3) is 0.231. The minimum Gasteiger partial charge on any atom is -0.373 e. The Balaban J connectivity index is 2.17. The Labute approximate surface area is 120 Å². The first-order chi connectivity index (χ1) is 9.60. The summed E-state index contributed by atoms with van der Waals surface area (Å²) in [6, 6.07) is 8.52. The first-order valence-electron chi connectivity index (χ1n) is 5.98. The zero-order chi connectivity index (χ0) is 14.5. The van der Waals surface area contributed by atoms with Crippen molar-refractivity contribution in [1.82, 2.24) is 9.97 Å². The van der Waals surface area contributed by atoms with Gasteiger partial charge in [-0.15, -0.1) is 11.8 Å². The number of hydrogen-bond acceptors (Lipinski definition) is 6. The minimum atomic E-state index is -0.377. The number of nitrogens with one attached hydrogen (secondary N) is 1. The molecule has 0 fully saturated rings. The number of nitro groups is 1.